The van der Waals surface area contributed by atoms with Gasteiger partial charge in [0.05, 0.1) is 18.2 Å². The maximum Gasteiger partial charge on any atom is 0.262 e. The van der Waals surface area contributed by atoms with Crippen molar-refractivity contribution in [3.63, 3.8) is 0 Å². The number of rotatable bonds is 4. The monoisotopic (exact) mass is 428 g/mol. The molecule has 1 aromatic heterocycles. The van der Waals surface area contributed by atoms with Gasteiger partial charge in [0.2, 0.25) is 5.89 Å². The number of nitrogens with zero attached hydrogens (tertiary/aromatic N) is 3. The molecule has 3 aromatic rings. The molecule has 2 aliphatic rings. The Bertz CT molecular complexity index is 1170. The number of nitrogens with one attached hydrogen (secondary N) is 1. The van der Waals surface area contributed by atoms with Crippen molar-refractivity contribution < 1.29 is 27.6 Å². The van der Waals surface area contributed by atoms with Gasteiger partial charge in [0.15, 0.2) is 18.2 Å². The Morgan fingerprint density at radius 2 is 2.06 bits per heavy atom. The Labute approximate surface area is 175 Å². The average molecular weight is 428 g/mol. The Morgan fingerprint density at radius 3 is 2.87 bits per heavy atom. The number of carbonyl (C=O) groups is 1. The van der Waals surface area contributed by atoms with Gasteiger partial charge in [0.25, 0.3) is 5.91 Å². The van der Waals surface area contributed by atoms with Crippen molar-refractivity contribution in [1.82, 2.24) is 10.1 Å². The first-order chi connectivity index (χ1) is 15.0. The molecule has 0 bridgehead atoms. The Balaban J connectivity index is 1.50. The van der Waals surface area contributed by atoms with Crippen LogP contribution in [0.4, 0.5) is 20.2 Å². The lowest BCUT2D eigenvalue weighted by molar-refractivity contribution is -0.118. The average Bonchev–Trinajstić information content (AvgIpc) is 3.16. The molecule has 0 unspecified atom stereocenters. The van der Waals surface area contributed by atoms with Crippen molar-refractivity contribution in [2.45, 2.75) is 25.9 Å². The molecule has 1 N–H and O–H groups in total. The summed E-state index contributed by atoms with van der Waals surface area (Å²) in [6, 6.07) is 7.18. The van der Waals surface area contributed by atoms with E-state index < -0.39 is 17.5 Å². The first-order valence-electron chi connectivity index (χ1n) is 9.70. The van der Waals surface area contributed by atoms with Crippen molar-refractivity contribution in [2.75, 3.05) is 23.4 Å². The van der Waals surface area contributed by atoms with Gasteiger partial charge < -0.3 is 24.2 Å². The number of hydrogen-bond acceptors (Lipinski definition) is 7. The Kier molecular flexibility index (Phi) is 4.68. The van der Waals surface area contributed by atoms with E-state index in [9.17, 15) is 9.18 Å². The maximum atomic E-state index is 15.2. The van der Waals surface area contributed by atoms with Crippen LogP contribution in [0.3, 0.4) is 0 Å². The van der Waals surface area contributed by atoms with Crippen molar-refractivity contribution in [1.29, 1.82) is 0 Å². The Morgan fingerprint density at radius 1 is 1.19 bits per heavy atom. The number of amides is 1. The molecule has 0 fully saturated rings. The summed E-state index contributed by atoms with van der Waals surface area (Å²) in [5.41, 5.74) is 0.977. The van der Waals surface area contributed by atoms with Gasteiger partial charge in [-0.3, -0.25) is 4.79 Å². The molecule has 10 heteroatoms. The minimum Gasteiger partial charge on any atom is -0.489 e. The second kappa shape index (κ2) is 7.53. The lowest BCUT2D eigenvalue weighted by Gasteiger charge is -2.38. The molecule has 3 heterocycles. The normalized spacial score (nSPS) is 17.3. The number of aromatic nitrogens is 2. The lowest BCUT2D eigenvalue weighted by atomic mass is 10.1. The molecule has 0 saturated heterocycles. The van der Waals surface area contributed by atoms with Gasteiger partial charge in [0, 0.05) is 18.2 Å². The zero-order valence-corrected chi connectivity index (χ0v) is 16.5. The van der Waals surface area contributed by atoms with Gasteiger partial charge in [0.1, 0.15) is 29.6 Å². The van der Waals surface area contributed by atoms with Gasteiger partial charge in [-0.25, -0.2) is 8.78 Å². The predicted octanol–water partition coefficient (Wildman–Crippen LogP) is 3.00. The molecule has 31 heavy (non-hydrogen) atoms. The first-order valence-corrected chi connectivity index (χ1v) is 9.70. The third-order valence-corrected chi connectivity index (χ3v) is 5.23. The number of carbonyl (C=O) groups excluding carboxylic acids is 1. The number of fused-ring (bicyclic) bond motifs is 2. The summed E-state index contributed by atoms with van der Waals surface area (Å²) in [7, 11) is 0. The van der Waals surface area contributed by atoms with Crippen LogP contribution < -0.4 is 19.7 Å². The fourth-order valence-electron chi connectivity index (χ4n) is 3.78. The quantitative estimate of drug-likeness (QED) is 0.683. The van der Waals surface area contributed by atoms with Crippen LogP contribution in [0.25, 0.3) is 0 Å². The molecule has 0 aliphatic carbocycles. The van der Waals surface area contributed by atoms with Crippen LogP contribution in [0.1, 0.15) is 17.3 Å². The Hall–Kier alpha value is -3.69. The first kappa shape index (κ1) is 19.3. The van der Waals surface area contributed by atoms with E-state index in [1.54, 1.807) is 25.1 Å². The van der Waals surface area contributed by atoms with Crippen LogP contribution in [0.5, 0.6) is 11.5 Å². The molecule has 0 spiro atoms. The van der Waals surface area contributed by atoms with Crippen LogP contribution in [0, 0.1) is 18.6 Å². The van der Waals surface area contributed by atoms with E-state index in [1.165, 1.54) is 12.1 Å². The number of halogens is 2. The summed E-state index contributed by atoms with van der Waals surface area (Å²) >= 11 is 0. The van der Waals surface area contributed by atoms with E-state index in [2.05, 4.69) is 15.5 Å². The smallest absolute Gasteiger partial charge is 0.262 e. The van der Waals surface area contributed by atoms with Gasteiger partial charge in [-0.05, 0) is 25.1 Å². The molecule has 2 aliphatic heterocycles. The fraction of sp³-hybridized carbons (Fsp3) is 0.286. The summed E-state index contributed by atoms with van der Waals surface area (Å²) in [6.07, 6.45) is 0.365. The van der Waals surface area contributed by atoms with Crippen LogP contribution in [-0.4, -0.2) is 35.3 Å². The molecule has 2 aromatic carbocycles. The van der Waals surface area contributed by atoms with Gasteiger partial charge in [-0.2, -0.15) is 4.98 Å². The van der Waals surface area contributed by atoms with Gasteiger partial charge in [-0.15, -0.1) is 0 Å². The van der Waals surface area contributed by atoms with Crippen molar-refractivity contribution >= 4 is 17.3 Å². The van der Waals surface area contributed by atoms with Crippen LogP contribution in [0.15, 0.2) is 34.9 Å². The van der Waals surface area contributed by atoms with E-state index in [1.807, 2.05) is 4.90 Å². The summed E-state index contributed by atoms with van der Waals surface area (Å²) in [4.78, 5) is 17.8. The third kappa shape index (κ3) is 3.65. The molecule has 0 radical (unpaired) electrons. The summed E-state index contributed by atoms with van der Waals surface area (Å²) < 4.78 is 45.2. The molecule has 1 atom stereocenters. The van der Waals surface area contributed by atoms with Crippen LogP contribution in [0.2, 0.25) is 0 Å². The van der Waals surface area contributed by atoms with Gasteiger partial charge in [-0.1, -0.05) is 11.2 Å². The zero-order valence-electron chi connectivity index (χ0n) is 16.5. The second-order valence-corrected chi connectivity index (χ2v) is 7.39. The summed E-state index contributed by atoms with van der Waals surface area (Å²) in [6.45, 7) is 1.94. The highest BCUT2D eigenvalue weighted by atomic mass is 19.1. The minimum absolute atomic E-state index is 0.0189. The van der Waals surface area contributed by atoms with E-state index in [4.69, 9.17) is 14.0 Å². The third-order valence-electron chi connectivity index (χ3n) is 5.23. The second-order valence-electron chi connectivity index (χ2n) is 7.39. The van der Waals surface area contributed by atoms with Crippen LogP contribution in [-0.2, 0) is 17.8 Å². The number of hydrogen-bond donors (Lipinski definition) is 1. The highest BCUT2D eigenvalue weighted by Crippen LogP contribution is 2.38. The molecular formula is C21H18F2N4O4. The number of aryl methyl sites for hydroxylation is 1. The fourth-order valence-corrected chi connectivity index (χ4v) is 3.78. The molecule has 0 saturated carbocycles. The molecule has 8 nitrogen and oxygen atoms in total. The van der Waals surface area contributed by atoms with Crippen molar-refractivity contribution in [2.24, 2.45) is 0 Å². The number of benzene rings is 2. The van der Waals surface area contributed by atoms with Crippen molar-refractivity contribution in [3.8, 4) is 11.5 Å². The van der Waals surface area contributed by atoms with E-state index >= 15 is 4.39 Å². The van der Waals surface area contributed by atoms with Crippen LogP contribution >= 0.6 is 0 Å². The van der Waals surface area contributed by atoms with Gasteiger partial charge >= 0.3 is 0 Å². The molecule has 5 rings (SSSR count). The predicted molar refractivity (Wildman–Crippen MR) is 105 cm³/mol. The summed E-state index contributed by atoms with van der Waals surface area (Å²) in [5, 5.41) is 6.33. The van der Waals surface area contributed by atoms with E-state index in [0.29, 0.717) is 35.1 Å². The SMILES string of the molecule is Cc1noc(C[C@H]2COc3cc(F)ccc3N2Cc2ccc3c(c2F)NC(=O)CO3)n1. The maximum absolute atomic E-state index is 15.2. The topological polar surface area (TPSA) is 89.7 Å². The largest absolute Gasteiger partial charge is 0.489 e. The zero-order chi connectivity index (χ0) is 21.5. The molecular weight excluding hydrogens is 410 g/mol. The highest BCUT2D eigenvalue weighted by molar-refractivity contribution is 5.95. The van der Waals surface area contributed by atoms with E-state index in [-0.39, 0.29) is 37.2 Å². The van der Waals surface area contributed by atoms with E-state index in [0.717, 1.165) is 0 Å². The van der Waals surface area contributed by atoms with Crippen molar-refractivity contribution in [3.05, 3.63) is 59.2 Å². The highest BCUT2D eigenvalue weighted by Gasteiger charge is 2.31. The lowest BCUT2D eigenvalue weighted by Crippen LogP contribution is -2.44. The molecule has 1 amide bonds. The summed E-state index contributed by atoms with van der Waals surface area (Å²) in [5.74, 6) is 0.166. The molecule has 160 valence electrons. The standard InChI is InChI=1S/C21H18F2N4O4/c1-11-24-19(31-26-11)7-14-9-29-17-6-13(22)3-4-15(17)27(14)8-12-2-5-16-21(20(12)23)25-18(28)10-30-16/h2-6,14H,7-10H2,1H3,(H,25,28)/t14-/m0/s1. The minimum atomic E-state index is -0.576. The number of anilines is 2. The number of ether oxygens (including phenoxy) is 2.